The molecule has 1 aromatic rings. The van der Waals surface area contributed by atoms with Crippen molar-refractivity contribution in [2.75, 3.05) is 25.5 Å². The van der Waals surface area contributed by atoms with Gasteiger partial charge in [0.2, 0.25) is 10.0 Å². The van der Waals surface area contributed by atoms with Crippen molar-refractivity contribution in [2.45, 2.75) is 37.2 Å². The van der Waals surface area contributed by atoms with Crippen molar-refractivity contribution in [2.24, 2.45) is 0 Å². The van der Waals surface area contributed by atoms with E-state index in [1.807, 2.05) is 6.92 Å². The molecule has 1 fully saturated rings. The summed E-state index contributed by atoms with van der Waals surface area (Å²) < 4.78 is 38.5. The van der Waals surface area contributed by atoms with E-state index in [0.717, 1.165) is 12.8 Å². The number of benzene rings is 1. The Morgan fingerprint density at radius 2 is 2.24 bits per heavy atom. The summed E-state index contributed by atoms with van der Waals surface area (Å²) in [6.07, 6.45) is 1.78. The van der Waals surface area contributed by atoms with Gasteiger partial charge in [0.25, 0.3) is 0 Å². The number of sulfonamides is 1. The minimum Gasteiger partial charge on any atom is -0.492 e. The number of nitrogens with two attached hydrogens (primary N) is 1. The summed E-state index contributed by atoms with van der Waals surface area (Å²) in [5.74, 6) is 0.302. The Labute approximate surface area is 125 Å². The summed E-state index contributed by atoms with van der Waals surface area (Å²) in [6, 6.07) is 4.59. The zero-order chi connectivity index (χ0) is 15.5. The second kappa shape index (κ2) is 6.21. The van der Waals surface area contributed by atoms with E-state index < -0.39 is 15.6 Å². The van der Waals surface area contributed by atoms with Gasteiger partial charge in [-0.3, -0.25) is 0 Å². The highest BCUT2D eigenvalue weighted by Gasteiger charge is 2.32. The Balaban J connectivity index is 2.20. The highest BCUT2D eigenvalue weighted by Crippen LogP contribution is 2.28. The zero-order valence-electron chi connectivity index (χ0n) is 12.4. The molecular weight excluding hydrogens is 292 g/mol. The lowest BCUT2D eigenvalue weighted by Gasteiger charge is -2.23. The van der Waals surface area contributed by atoms with Crippen molar-refractivity contribution in [1.29, 1.82) is 0 Å². The molecule has 1 heterocycles. The highest BCUT2D eigenvalue weighted by molar-refractivity contribution is 7.89. The summed E-state index contributed by atoms with van der Waals surface area (Å²) in [6.45, 7) is 4.99. The van der Waals surface area contributed by atoms with Gasteiger partial charge in [0.15, 0.2) is 0 Å². The van der Waals surface area contributed by atoms with Gasteiger partial charge in [0, 0.05) is 18.8 Å². The second-order valence-corrected chi connectivity index (χ2v) is 7.10. The minimum absolute atomic E-state index is 0.0611. The normalized spacial score (nSPS) is 22.4. The molecule has 0 amide bonds. The van der Waals surface area contributed by atoms with E-state index in [9.17, 15) is 8.42 Å². The molecule has 1 saturated heterocycles. The number of hydrogen-bond acceptors (Lipinski definition) is 5. The first kappa shape index (κ1) is 16.1. The van der Waals surface area contributed by atoms with E-state index in [1.54, 1.807) is 19.1 Å². The van der Waals surface area contributed by atoms with Crippen molar-refractivity contribution < 1.29 is 17.9 Å². The Morgan fingerprint density at radius 3 is 2.86 bits per heavy atom. The van der Waals surface area contributed by atoms with Crippen molar-refractivity contribution in [3.8, 4) is 5.75 Å². The zero-order valence-corrected chi connectivity index (χ0v) is 13.2. The van der Waals surface area contributed by atoms with Gasteiger partial charge in [-0.25, -0.2) is 13.1 Å². The van der Waals surface area contributed by atoms with Gasteiger partial charge in [0.05, 0.1) is 12.2 Å². The first-order valence-corrected chi connectivity index (χ1v) is 8.50. The largest absolute Gasteiger partial charge is 0.492 e. The Hall–Kier alpha value is -1.31. The third-order valence-electron chi connectivity index (χ3n) is 3.49. The molecule has 7 heteroatoms. The molecule has 0 aliphatic carbocycles. The Bertz CT molecular complexity index is 595. The van der Waals surface area contributed by atoms with E-state index in [2.05, 4.69) is 4.72 Å². The second-order valence-electron chi connectivity index (χ2n) is 5.37. The maximum absolute atomic E-state index is 12.5. The van der Waals surface area contributed by atoms with Crippen molar-refractivity contribution in [3.63, 3.8) is 0 Å². The summed E-state index contributed by atoms with van der Waals surface area (Å²) in [4.78, 5) is 0.0611. The molecule has 2 rings (SSSR count). The molecule has 1 unspecified atom stereocenters. The van der Waals surface area contributed by atoms with Crippen LogP contribution in [-0.4, -0.2) is 33.8 Å². The number of hydrogen-bond donors (Lipinski definition) is 2. The van der Waals surface area contributed by atoms with Gasteiger partial charge in [-0.05, 0) is 44.9 Å². The Morgan fingerprint density at radius 1 is 1.48 bits per heavy atom. The van der Waals surface area contributed by atoms with E-state index in [1.165, 1.54) is 6.07 Å². The van der Waals surface area contributed by atoms with Crippen molar-refractivity contribution in [3.05, 3.63) is 18.2 Å². The smallest absolute Gasteiger partial charge is 0.244 e. The first-order valence-electron chi connectivity index (χ1n) is 7.02. The van der Waals surface area contributed by atoms with E-state index in [-0.39, 0.29) is 11.4 Å². The summed E-state index contributed by atoms with van der Waals surface area (Å²) in [7, 11) is -3.70. The maximum atomic E-state index is 12.5. The first-order chi connectivity index (χ1) is 9.86. The van der Waals surface area contributed by atoms with Crippen molar-refractivity contribution >= 4 is 15.7 Å². The molecule has 1 aliphatic heterocycles. The maximum Gasteiger partial charge on any atom is 0.244 e. The fraction of sp³-hybridized carbons (Fsp3) is 0.571. The summed E-state index contributed by atoms with van der Waals surface area (Å²) in [5, 5.41) is 0. The van der Waals surface area contributed by atoms with Crippen LogP contribution in [0.25, 0.3) is 0 Å². The predicted molar refractivity (Wildman–Crippen MR) is 80.8 cm³/mol. The summed E-state index contributed by atoms with van der Waals surface area (Å²) in [5.41, 5.74) is 5.62. The van der Waals surface area contributed by atoms with Gasteiger partial charge in [0.1, 0.15) is 10.6 Å². The number of nitrogens with one attached hydrogen (secondary N) is 1. The third-order valence-corrected chi connectivity index (χ3v) is 4.92. The predicted octanol–water partition coefficient (Wildman–Crippen LogP) is 1.51. The molecule has 1 aliphatic rings. The molecule has 0 aromatic heterocycles. The van der Waals surface area contributed by atoms with Gasteiger partial charge in [-0.1, -0.05) is 0 Å². The lowest BCUT2D eigenvalue weighted by molar-refractivity contribution is 0.0250. The fourth-order valence-corrected chi connectivity index (χ4v) is 3.65. The summed E-state index contributed by atoms with van der Waals surface area (Å²) >= 11 is 0. The van der Waals surface area contributed by atoms with Crippen LogP contribution in [0.3, 0.4) is 0 Å². The molecule has 21 heavy (non-hydrogen) atoms. The lowest BCUT2D eigenvalue weighted by Crippen LogP contribution is -2.40. The standard InChI is InChI=1S/C14H22N2O4S/c1-3-19-12-6-5-11(15)9-13(12)21(17,18)16-10-14(2)7-4-8-20-14/h5-6,9,16H,3-4,7-8,10,15H2,1-2H3. The van der Waals surface area contributed by atoms with Gasteiger partial charge in [-0.15, -0.1) is 0 Å². The van der Waals surface area contributed by atoms with E-state index in [0.29, 0.717) is 24.7 Å². The van der Waals surface area contributed by atoms with Crippen molar-refractivity contribution in [1.82, 2.24) is 4.72 Å². The van der Waals surface area contributed by atoms with Crippen LogP contribution < -0.4 is 15.2 Å². The number of nitrogen functional groups attached to an aromatic ring is 1. The van der Waals surface area contributed by atoms with Gasteiger partial charge in [-0.2, -0.15) is 0 Å². The molecule has 118 valence electrons. The molecule has 0 spiro atoms. The quantitative estimate of drug-likeness (QED) is 0.777. The van der Waals surface area contributed by atoms with Crippen LogP contribution in [0.4, 0.5) is 5.69 Å². The minimum atomic E-state index is -3.70. The molecule has 1 atom stereocenters. The van der Waals surface area contributed by atoms with Gasteiger partial charge >= 0.3 is 0 Å². The van der Waals surface area contributed by atoms with E-state index in [4.69, 9.17) is 15.2 Å². The average molecular weight is 314 g/mol. The van der Waals surface area contributed by atoms with Crippen LogP contribution in [0.2, 0.25) is 0 Å². The van der Waals surface area contributed by atoms with Crippen LogP contribution >= 0.6 is 0 Å². The lowest BCUT2D eigenvalue weighted by atomic mass is 10.0. The number of anilines is 1. The highest BCUT2D eigenvalue weighted by atomic mass is 32.2. The monoisotopic (exact) mass is 314 g/mol. The van der Waals surface area contributed by atoms with Crippen LogP contribution in [0.5, 0.6) is 5.75 Å². The molecule has 0 radical (unpaired) electrons. The topological polar surface area (TPSA) is 90.7 Å². The third kappa shape index (κ3) is 3.87. The fourth-order valence-electron chi connectivity index (χ4n) is 2.31. The number of rotatable bonds is 6. The molecule has 3 N–H and O–H groups in total. The molecular formula is C14H22N2O4S. The average Bonchev–Trinajstić information content (AvgIpc) is 2.87. The molecule has 6 nitrogen and oxygen atoms in total. The van der Waals surface area contributed by atoms with Crippen LogP contribution in [0.1, 0.15) is 26.7 Å². The SMILES string of the molecule is CCOc1ccc(N)cc1S(=O)(=O)NCC1(C)CCCO1. The van der Waals surface area contributed by atoms with Crippen LogP contribution in [0, 0.1) is 0 Å². The molecule has 0 bridgehead atoms. The van der Waals surface area contributed by atoms with E-state index >= 15 is 0 Å². The van der Waals surface area contributed by atoms with Gasteiger partial charge < -0.3 is 15.2 Å². The van der Waals surface area contributed by atoms with Crippen LogP contribution in [-0.2, 0) is 14.8 Å². The number of ether oxygens (including phenoxy) is 2. The molecule has 0 saturated carbocycles. The van der Waals surface area contributed by atoms with Crippen LogP contribution in [0.15, 0.2) is 23.1 Å². The Kier molecular flexibility index (Phi) is 4.75. The molecule has 1 aromatic carbocycles.